The summed E-state index contributed by atoms with van der Waals surface area (Å²) in [6, 6.07) is 14.0. The minimum Gasteiger partial charge on any atom is -0.459 e. The summed E-state index contributed by atoms with van der Waals surface area (Å²) in [7, 11) is 1.80. The van der Waals surface area contributed by atoms with E-state index in [-0.39, 0.29) is 24.3 Å². The monoisotopic (exact) mass is 365 g/mol. The van der Waals surface area contributed by atoms with Gasteiger partial charge in [0.15, 0.2) is 0 Å². The van der Waals surface area contributed by atoms with E-state index in [1.165, 1.54) is 12.1 Å². The number of halogens is 3. The average Bonchev–Trinajstić information content (AvgIpc) is 3.00. The summed E-state index contributed by atoms with van der Waals surface area (Å²) in [5, 5.41) is 1.71. The first kappa shape index (κ1) is 18.4. The highest BCUT2D eigenvalue weighted by Crippen LogP contribution is 2.33. The molecule has 0 amide bonds. The number of alkyl halides is 3. The SMILES string of the molecule is CN1O[C@H](COC(=O)c2cccc(C(F)(F)F)c2)C[C@H]1c1ccccc1. The molecule has 0 unspecified atom stereocenters. The van der Waals surface area contributed by atoms with Crippen LogP contribution in [0.4, 0.5) is 13.2 Å². The molecule has 26 heavy (non-hydrogen) atoms. The van der Waals surface area contributed by atoms with Gasteiger partial charge in [-0.1, -0.05) is 36.4 Å². The standard InChI is InChI=1S/C19H18F3NO3/c1-23-17(13-6-3-2-4-7-13)11-16(26-23)12-25-18(24)14-8-5-9-15(10-14)19(20,21)22/h2-10,16-17H,11-12H2,1H3/t16-,17-/m0/s1. The number of benzene rings is 2. The van der Waals surface area contributed by atoms with Crippen molar-refractivity contribution in [2.24, 2.45) is 0 Å². The molecular weight excluding hydrogens is 347 g/mol. The average molecular weight is 365 g/mol. The van der Waals surface area contributed by atoms with Gasteiger partial charge in [0.1, 0.15) is 12.7 Å². The fourth-order valence-corrected chi connectivity index (χ4v) is 2.94. The zero-order valence-corrected chi connectivity index (χ0v) is 14.1. The molecule has 2 aromatic carbocycles. The van der Waals surface area contributed by atoms with Gasteiger partial charge in [0.2, 0.25) is 0 Å². The number of carbonyl (C=O) groups is 1. The summed E-state index contributed by atoms with van der Waals surface area (Å²) < 4.78 is 43.4. The van der Waals surface area contributed by atoms with Gasteiger partial charge in [0.05, 0.1) is 17.2 Å². The topological polar surface area (TPSA) is 38.8 Å². The molecule has 0 bridgehead atoms. The Kier molecular flexibility index (Phi) is 5.29. The van der Waals surface area contributed by atoms with E-state index < -0.39 is 17.7 Å². The molecule has 0 aliphatic carbocycles. The minimum absolute atomic E-state index is 0.0250. The van der Waals surface area contributed by atoms with E-state index in [1.807, 2.05) is 30.3 Å². The van der Waals surface area contributed by atoms with Crippen LogP contribution in [-0.2, 0) is 15.8 Å². The Bertz CT molecular complexity index is 764. The zero-order chi connectivity index (χ0) is 18.7. The van der Waals surface area contributed by atoms with Crippen LogP contribution in [0, 0.1) is 0 Å². The summed E-state index contributed by atoms with van der Waals surface area (Å²) in [5.41, 5.74) is 0.0698. The third-order valence-corrected chi connectivity index (χ3v) is 4.25. The van der Waals surface area contributed by atoms with Crippen LogP contribution >= 0.6 is 0 Å². The molecule has 2 aromatic rings. The molecule has 4 nitrogen and oxygen atoms in total. The van der Waals surface area contributed by atoms with Crippen molar-refractivity contribution in [1.29, 1.82) is 0 Å². The summed E-state index contributed by atoms with van der Waals surface area (Å²) in [6.07, 6.45) is -4.23. The Balaban J connectivity index is 1.59. The maximum atomic E-state index is 12.7. The number of hydrogen-bond donors (Lipinski definition) is 0. The van der Waals surface area contributed by atoms with Crippen molar-refractivity contribution in [3.8, 4) is 0 Å². The molecule has 0 radical (unpaired) electrons. The summed E-state index contributed by atoms with van der Waals surface area (Å²) >= 11 is 0. The molecule has 1 aliphatic rings. The molecule has 7 heteroatoms. The zero-order valence-electron chi connectivity index (χ0n) is 14.1. The lowest BCUT2D eigenvalue weighted by molar-refractivity contribution is -0.153. The first-order valence-corrected chi connectivity index (χ1v) is 8.13. The van der Waals surface area contributed by atoms with Crippen LogP contribution in [-0.4, -0.2) is 30.8 Å². The fraction of sp³-hybridized carbons (Fsp3) is 0.316. The molecule has 0 saturated carbocycles. The number of rotatable bonds is 4. The van der Waals surface area contributed by atoms with Gasteiger partial charge < -0.3 is 4.74 Å². The minimum atomic E-state index is -4.50. The number of hydrogen-bond acceptors (Lipinski definition) is 4. The molecule has 2 atom stereocenters. The Morgan fingerprint density at radius 3 is 2.62 bits per heavy atom. The van der Waals surface area contributed by atoms with Crippen molar-refractivity contribution in [2.45, 2.75) is 24.7 Å². The van der Waals surface area contributed by atoms with Crippen LogP contribution in [0.25, 0.3) is 0 Å². The number of esters is 1. The van der Waals surface area contributed by atoms with Gasteiger partial charge in [-0.25, -0.2) is 4.79 Å². The lowest BCUT2D eigenvalue weighted by atomic mass is 10.0. The molecule has 0 spiro atoms. The molecule has 1 heterocycles. The van der Waals surface area contributed by atoms with Gasteiger partial charge in [0, 0.05) is 13.5 Å². The molecule has 1 aliphatic heterocycles. The smallest absolute Gasteiger partial charge is 0.416 e. The highest BCUT2D eigenvalue weighted by atomic mass is 19.4. The van der Waals surface area contributed by atoms with Crippen molar-refractivity contribution < 1.29 is 27.5 Å². The van der Waals surface area contributed by atoms with Gasteiger partial charge in [-0.15, -0.1) is 0 Å². The Morgan fingerprint density at radius 1 is 1.19 bits per heavy atom. The third kappa shape index (κ3) is 4.23. The predicted octanol–water partition coefficient (Wildman–Crippen LogP) is 4.24. The Morgan fingerprint density at radius 2 is 1.92 bits per heavy atom. The van der Waals surface area contributed by atoms with E-state index in [1.54, 1.807) is 12.1 Å². The van der Waals surface area contributed by atoms with Crippen molar-refractivity contribution in [2.75, 3.05) is 13.7 Å². The fourth-order valence-electron chi connectivity index (χ4n) is 2.94. The molecule has 138 valence electrons. The molecular formula is C19H18F3NO3. The molecule has 1 saturated heterocycles. The van der Waals surface area contributed by atoms with E-state index in [0.29, 0.717) is 6.42 Å². The highest BCUT2D eigenvalue weighted by Gasteiger charge is 2.33. The van der Waals surface area contributed by atoms with Crippen LogP contribution in [0.15, 0.2) is 54.6 Å². The first-order chi connectivity index (χ1) is 12.3. The van der Waals surface area contributed by atoms with E-state index in [9.17, 15) is 18.0 Å². The normalized spacial score (nSPS) is 20.9. The maximum Gasteiger partial charge on any atom is 0.416 e. The van der Waals surface area contributed by atoms with Crippen molar-refractivity contribution in [3.05, 3.63) is 71.3 Å². The van der Waals surface area contributed by atoms with Gasteiger partial charge >= 0.3 is 12.1 Å². The number of carbonyl (C=O) groups excluding carboxylic acids is 1. The van der Waals surface area contributed by atoms with Crippen molar-refractivity contribution in [1.82, 2.24) is 5.06 Å². The van der Waals surface area contributed by atoms with E-state index in [4.69, 9.17) is 9.57 Å². The largest absolute Gasteiger partial charge is 0.459 e. The van der Waals surface area contributed by atoms with Crippen LogP contribution in [0.1, 0.15) is 33.9 Å². The first-order valence-electron chi connectivity index (χ1n) is 8.13. The summed E-state index contributed by atoms with van der Waals surface area (Å²) in [4.78, 5) is 17.7. The Labute approximate surface area is 149 Å². The van der Waals surface area contributed by atoms with Crippen molar-refractivity contribution >= 4 is 5.97 Å². The molecule has 1 fully saturated rings. The van der Waals surface area contributed by atoms with Gasteiger partial charge in [-0.2, -0.15) is 18.2 Å². The quantitative estimate of drug-likeness (QED) is 0.760. The van der Waals surface area contributed by atoms with Gasteiger partial charge in [-0.3, -0.25) is 4.84 Å². The van der Waals surface area contributed by atoms with Gasteiger partial charge in [-0.05, 0) is 23.8 Å². The number of ether oxygens (including phenoxy) is 1. The second kappa shape index (κ2) is 7.47. The summed E-state index contributed by atoms with van der Waals surface area (Å²) in [6.45, 7) is -0.0250. The molecule has 0 aromatic heterocycles. The number of nitrogens with zero attached hydrogens (tertiary/aromatic N) is 1. The van der Waals surface area contributed by atoms with E-state index in [0.717, 1.165) is 17.7 Å². The number of hydroxylamine groups is 2. The van der Waals surface area contributed by atoms with Crippen LogP contribution in [0.3, 0.4) is 0 Å². The second-order valence-electron chi connectivity index (χ2n) is 6.11. The summed E-state index contributed by atoms with van der Waals surface area (Å²) in [5.74, 6) is -0.800. The lowest BCUT2D eigenvalue weighted by Gasteiger charge is -2.17. The predicted molar refractivity (Wildman–Crippen MR) is 88.2 cm³/mol. The van der Waals surface area contributed by atoms with E-state index >= 15 is 0 Å². The van der Waals surface area contributed by atoms with Crippen LogP contribution in [0.5, 0.6) is 0 Å². The van der Waals surface area contributed by atoms with Crippen molar-refractivity contribution in [3.63, 3.8) is 0 Å². The lowest BCUT2D eigenvalue weighted by Crippen LogP contribution is -2.21. The van der Waals surface area contributed by atoms with Gasteiger partial charge in [0.25, 0.3) is 0 Å². The van der Waals surface area contributed by atoms with E-state index in [2.05, 4.69) is 0 Å². The second-order valence-corrected chi connectivity index (χ2v) is 6.11. The molecule has 3 rings (SSSR count). The molecule has 0 N–H and O–H groups in total. The third-order valence-electron chi connectivity index (χ3n) is 4.25. The highest BCUT2D eigenvalue weighted by molar-refractivity contribution is 5.89. The maximum absolute atomic E-state index is 12.7. The van der Waals surface area contributed by atoms with Crippen LogP contribution in [0.2, 0.25) is 0 Å². The van der Waals surface area contributed by atoms with Crippen LogP contribution < -0.4 is 0 Å². The Hall–Kier alpha value is -2.38.